The number of nitrogens with zero attached hydrogens (tertiary/aromatic N) is 4. The Kier molecular flexibility index (Phi) is 12.2. The van der Waals surface area contributed by atoms with Crippen molar-refractivity contribution in [1.82, 2.24) is 30.2 Å². The molecule has 2 aliphatic rings. The highest BCUT2D eigenvalue weighted by molar-refractivity contribution is 6.03. The van der Waals surface area contributed by atoms with Crippen LogP contribution in [0.2, 0.25) is 0 Å². The molecule has 0 bridgehead atoms. The van der Waals surface area contributed by atoms with Crippen molar-refractivity contribution in [2.24, 2.45) is 5.92 Å². The molecule has 1 aliphatic heterocycles. The fourth-order valence-corrected chi connectivity index (χ4v) is 6.79. The standard InChI is InChI=1S/C35H52FN7O4/c1-7-30(44)39-31(33(46)42-20-18-41(19-21-42)23(3)4)24(5)25-14-15-28(27(36)22-25)38-34(47)35(6,26-12-10-9-11-13-26)40-32(45)29-16-17-37-43(29)8-2/h14-17,22-24,26,31H,7-13,18-21H2,1-6H3,(H,38,47)(H,39,44)(H,40,45)/t24-,31+,35+/m0/s1. The molecule has 2 fully saturated rings. The zero-order chi connectivity index (χ0) is 34.3. The van der Waals surface area contributed by atoms with Crippen molar-refractivity contribution in [2.75, 3.05) is 31.5 Å². The molecule has 4 rings (SSSR count). The van der Waals surface area contributed by atoms with E-state index in [0.29, 0.717) is 36.9 Å². The van der Waals surface area contributed by atoms with Gasteiger partial charge in [0.15, 0.2) is 0 Å². The largest absolute Gasteiger partial charge is 0.344 e. The summed E-state index contributed by atoms with van der Waals surface area (Å²) in [4.78, 5) is 57.6. The van der Waals surface area contributed by atoms with Crippen LogP contribution in [0.25, 0.3) is 0 Å². The van der Waals surface area contributed by atoms with E-state index in [1.807, 2.05) is 6.92 Å². The van der Waals surface area contributed by atoms with E-state index in [2.05, 4.69) is 39.8 Å². The summed E-state index contributed by atoms with van der Waals surface area (Å²) in [5.41, 5.74) is -0.438. The molecule has 47 heavy (non-hydrogen) atoms. The van der Waals surface area contributed by atoms with E-state index >= 15 is 4.39 Å². The molecule has 258 valence electrons. The maximum Gasteiger partial charge on any atom is 0.270 e. The molecular formula is C35H52FN7O4. The number of benzene rings is 1. The molecule has 4 amide bonds. The number of hydrogen-bond donors (Lipinski definition) is 3. The molecule has 2 aromatic rings. The number of piperazine rings is 1. The highest BCUT2D eigenvalue weighted by Crippen LogP contribution is 2.34. The molecule has 3 N–H and O–H groups in total. The fourth-order valence-electron chi connectivity index (χ4n) is 6.79. The third-order valence-electron chi connectivity index (χ3n) is 10.0. The Labute approximate surface area is 278 Å². The van der Waals surface area contributed by atoms with E-state index in [9.17, 15) is 19.2 Å². The van der Waals surface area contributed by atoms with Crippen molar-refractivity contribution < 1.29 is 23.6 Å². The molecule has 2 heterocycles. The third kappa shape index (κ3) is 8.38. The molecular weight excluding hydrogens is 601 g/mol. The first-order valence-electron chi connectivity index (χ1n) is 17.2. The lowest BCUT2D eigenvalue weighted by molar-refractivity contribution is -0.138. The lowest BCUT2D eigenvalue weighted by Crippen LogP contribution is -2.60. The number of amides is 4. The summed E-state index contributed by atoms with van der Waals surface area (Å²) in [5.74, 6) is -2.68. The Bertz CT molecular complexity index is 1410. The summed E-state index contributed by atoms with van der Waals surface area (Å²) >= 11 is 0. The van der Waals surface area contributed by atoms with Crippen LogP contribution in [0.4, 0.5) is 10.1 Å². The molecule has 11 nitrogen and oxygen atoms in total. The Hall–Kier alpha value is -3.80. The first kappa shape index (κ1) is 36.0. The van der Waals surface area contributed by atoms with Crippen LogP contribution in [-0.4, -0.2) is 87.0 Å². The van der Waals surface area contributed by atoms with Crippen LogP contribution in [0.1, 0.15) is 102 Å². The van der Waals surface area contributed by atoms with Crippen LogP contribution in [-0.2, 0) is 20.9 Å². The molecule has 12 heteroatoms. The van der Waals surface area contributed by atoms with Gasteiger partial charge in [-0.3, -0.25) is 28.8 Å². The second-order valence-corrected chi connectivity index (χ2v) is 13.4. The zero-order valence-corrected chi connectivity index (χ0v) is 28.8. The maximum absolute atomic E-state index is 15.8. The summed E-state index contributed by atoms with van der Waals surface area (Å²) in [6.45, 7) is 14.5. The molecule has 3 atom stereocenters. The van der Waals surface area contributed by atoms with Crippen LogP contribution >= 0.6 is 0 Å². The van der Waals surface area contributed by atoms with Gasteiger partial charge in [-0.2, -0.15) is 5.10 Å². The van der Waals surface area contributed by atoms with Crippen molar-refractivity contribution in [2.45, 2.75) is 110 Å². The average Bonchev–Trinajstić information content (AvgIpc) is 3.57. The van der Waals surface area contributed by atoms with E-state index in [1.54, 1.807) is 48.7 Å². The lowest BCUT2D eigenvalue weighted by Gasteiger charge is -2.39. The van der Waals surface area contributed by atoms with Crippen molar-refractivity contribution >= 4 is 29.3 Å². The highest BCUT2D eigenvalue weighted by atomic mass is 19.1. The normalized spacial score (nSPS) is 18.7. The highest BCUT2D eigenvalue weighted by Gasteiger charge is 2.44. The molecule has 0 radical (unpaired) electrons. The topological polar surface area (TPSA) is 129 Å². The van der Waals surface area contributed by atoms with Crippen LogP contribution < -0.4 is 16.0 Å². The van der Waals surface area contributed by atoms with Gasteiger partial charge in [0.25, 0.3) is 5.91 Å². The fraction of sp³-hybridized carbons (Fsp3) is 0.629. The van der Waals surface area contributed by atoms with Gasteiger partial charge in [0.2, 0.25) is 17.7 Å². The van der Waals surface area contributed by atoms with E-state index in [1.165, 1.54) is 12.1 Å². The van der Waals surface area contributed by atoms with Gasteiger partial charge in [-0.05, 0) is 70.2 Å². The van der Waals surface area contributed by atoms with Crippen molar-refractivity contribution in [1.29, 1.82) is 0 Å². The second kappa shape index (κ2) is 15.9. The molecule has 1 aromatic carbocycles. The van der Waals surface area contributed by atoms with Gasteiger partial charge in [0.1, 0.15) is 23.1 Å². The number of halogens is 1. The van der Waals surface area contributed by atoms with Crippen LogP contribution in [0.3, 0.4) is 0 Å². The Morgan fingerprint density at radius 2 is 1.68 bits per heavy atom. The van der Waals surface area contributed by atoms with Crippen molar-refractivity contribution in [3.8, 4) is 0 Å². The second-order valence-electron chi connectivity index (χ2n) is 13.4. The third-order valence-corrected chi connectivity index (χ3v) is 10.0. The Morgan fingerprint density at radius 1 is 1.00 bits per heavy atom. The first-order valence-corrected chi connectivity index (χ1v) is 17.2. The monoisotopic (exact) mass is 653 g/mol. The number of aryl methyl sites for hydroxylation is 1. The van der Waals surface area contributed by atoms with Crippen molar-refractivity contribution in [3.63, 3.8) is 0 Å². The number of carbonyl (C=O) groups excluding carboxylic acids is 4. The summed E-state index contributed by atoms with van der Waals surface area (Å²) in [5, 5.41) is 12.8. The summed E-state index contributed by atoms with van der Waals surface area (Å²) in [6, 6.07) is 5.60. The number of nitrogens with one attached hydrogen (secondary N) is 3. The minimum atomic E-state index is -1.29. The van der Waals surface area contributed by atoms with Gasteiger partial charge in [-0.15, -0.1) is 0 Å². The number of anilines is 1. The Morgan fingerprint density at radius 3 is 2.28 bits per heavy atom. The molecule has 1 saturated heterocycles. The van der Waals surface area contributed by atoms with Gasteiger partial charge in [-0.25, -0.2) is 4.39 Å². The summed E-state index contributed by atoms with van der Waals surface area (Å²) < 4.78 is 17.3. The van der Waals surface area contributed by atoms with Gasteiger partial charge in [-0.1, -0.05) is 39.2 Å². The predicted octanol–water partition coefficient (Wildman–Crippen LogP) is 4.30. The lowest BCUT2D eigenvalue weighted by atomic mass is 9.75. The minimum Gasteiger partial charge on any atom is -0.344 e. The van der Waals surface area contributed by atoms with Gasteiger partial charge >= 0.3 is 0 Å². The summed E-state index contributed by atoms with van der Waals surface area (Å²) in [7, 11) is 0. The maximum atomic E-state index is 15.8. The van der Waals surface area contributed by atoms with Gasteiger partial charge < -0.3 is 20.9 Å². The van der Waals surface area contributed by atoms with Crippen LogP contribution in [0.15, 0.2) is 30.5 Å². The number of carbonyl (C=O) groups is 4. The van der Waals surface area contributed by atoms with Gasteiger partial charge in [0.05, 0.1) is 5.69 Å². The number of hydrogen-bond acceptors (Lipinski definition) is 6. The first-order chi connectivity index (χ1) is 22.4. The summed E-state index contributed by atoms with van der Waals surface area (Å²) in [6.07, 6.45) is 6.25. The average molecular weight is 654 g/mol. The molecule has 0 spiro atoms. The molecule has 1 saturated carbocycles. The van der Waals surface area contributed by atoms with E-state index in [4.69, 9.17) is 0 Å². The van der Waals surface area contributed by atoms with Crippen LogP contribution in [0.5, 0.6) is 0 Å². The minimum absolute atomic E-state index is 0.0221. The van der Waals surface area contributed by atoms with Crippen LogP contribution in [0, 0.1) is 11.7 Å². The number of rotatable bonds is 12. The number of aromatic nitrogens is 2. The predicted molar refractivity (Wildman–Crippen MR) is 179 cm³/mol. The van der Waals surface area contributed by atoms with Crippen molar-refractivity contribution in [3.05, 3.63) is 47.5 Å². The van der Waals surface area contributed by atoms with E-state index in [0.717, 1.165) is 45.2 Å². The molecule has 1 aromatic heterocycles. The zero-order valence-electron chi connectivity index (χ0n) is 28.8. The molecule has 0 unspecified atom stereocenters. The molecule has 1 aliphatic carbocycles. The van der Waals surface area contributed by atoms with E-state index < -0.39 is 35.1 Å². The smallest absolute Gasteiger partial charge is 0.270 e. The van der Waals surface area contributed by atoms with Gasteiger partial charge in [0, 0.05) is 57.3 Å². The Balaban J connectivity index is 1.53. The van der Waals surface area contributed by atoms with E-state index in [-0.39, 0.29) is 29.8 Å². The SMILES string of the molecule is CCC(=O)N[C@@H](C(=O)N1CCN(C(C)C)CC1)[C@@H](C)c1ccc(NC(=O)[C@](C)(NC(=O)c2ccnn2CC)C2CCCCC2)c(F)c1. The quantitative estimate of drug-likeness (QED) is 0.314.